The Bertz CT molecular complexity index is 839. The quantitative estimate of drug-likeness (QED) is 0.591. The van der Waals surface area contributed by atoms with E-state index in [-0.39, 0.29) is 11.6 Å². The van der Waals surface area contributed by atoms with Gasteiger partial charge in [-0.15, -0.1) is 11.3 Å². The molecule has 0 radical (unpaired) electrons. The highest BCUT2D eigenvalue weighted by Gasteiger charge is 2.14. The van der Waals surface area contributed by atoms with Crippen LogP contribution in [0, 0.1) is 17.0 Å². The fourth-order valence-electron chi connectivity index (χ4n) is 2.14. The van der Waals surface area contributed by atoms with Crippen LogP contribution < -0.4 is 5.32 Å². The Morgan fingerprint density at radius 2 is 2.32 bits per heavy atom. The highest BCUT2D eigenvalue weighted by molar-refractivity contribution is 7.15. The number of hydrogen-bond donors (Lipinski definition) is 1. The van der Waals surface area contributed by atoms with Gasteiger partial charge in [-0.25, -0.2) is 4.98 Å². The van der Waals surface area contributed by atoms with E-state index in [1.54, 1.807) is 6.92 Å². The van der Waals surface area contributed by atoms with Gasteiger partial charge >= 0.3 is 0 Å². The van der Waals surface area contributed by atoms with Crippen LogP contribution in [-0.2, 0) is 6.54 Å². The highest BCUT2D eigenvalue weighted by atomic mass is 32.1. The first-order valence-electron chi connectivity index (χ1n) is 6.49. The summed E-state index contributed by atoms with van der Waals surface area (Å²) in [5.41, 5.74) is 1.62. The summed E-state index contributed by atoms with van der Waals surface area (Å²) in [7, 11) is 0. The molecule has 0 saturated heterocycles. The summed E-state index contributed by atoms with van der Waals surface area (Å²) in [5, 5.41) is 15.5. The van der Waals surface area contributed by atoms with Gasteiger partial charge in [0.25, 0.3) is 11.6 Å². The van der Waals surface area contributed by atoms with Crippen LogP contribution in [0.5, 0.6) is 0 Å². The van der Waals surface area contributed by atoms with E-state index in [0.29, 0.717) is 17.7 Å². The second-order valence-corrected chi connectivity index (χ2v) is 5.64. The summed E-state index contributed by atoms with van der Waals surface area (Å²) < 4.78 is 1.89. The second-order valence-electron chi connectivity index (χ2n) is 4.77. The molecule has 22 heavy (non-hydrogen) atoms. The largest absolute Gasteiger partial charge is 0.346 e. The van der Waals surface area contributed by atoms with Crippen LogP contribution in [0.3, 0.4) is 0 Å². The van der Waals surface area contributed by atoms with Gasteiger partial charge in [0.2, 0.25) is 0 Å². The standard InChI is InChI=1S/C14H12N4O3S/c1-9-6-10(2-3-12(9)18(20)21)13(19)15-7-11-8-17-4-5-22-14(17)16-11/h2-6,8H,7H2,1H3,(H,15,19). The van der Waals surface area contributed by atoms with Crippen molar-refractivity contribution >= 4 is 27.9 Å². The number of imidazole rings is 1. The molecule has 112 valence electrons. The lowest BCUT2D eigenvalue weighted by Crippen LogP contribution is -2.23. The number of aromatic nitrogens is 2. The number of nitro groups is 1. The molecule has 1 aromatic carbocycles. The average Bonchev–Trinajstić information content (AvgIpc) is 3.05. The van der Waals surface area contributed by atoms with Gasteiger partial charge in [0.1, 0.15) is 0 Å². The maximum Gasteiger partial charge on any atom is 0.272 e. The Balaban J connectivity index is 1.70. The summed E-state index contributed by atoms with van der Waals surface area (Å²) in [6.45, 7) is 1.92. The Hall–Kier alpha value is -2.74. The summed E-state index contributed by atoms with van der Waals surface area (Å²) in [6, 6.07) is 4.31. The van der Waals surface area contributed by atoms with E-state index in [1.165, 1.54) is 29.5 Å². The topological polar surface area (TPSA) is 89.5 Å². The summed E-state index contributed by atoms with van der Waals surface area (Å²) in [5.74, 6) is -0.283. The minimum Gasteiger partial charge on any atom is -0.346 e. The minimum absolute atomic E-state index is 0.00545. The van der Waals surface area contributed by atoms with Crippen molar-refractivity contribution in [3.05, 3.63) is 62.9 Å². The number of benzene rings is 1. The maximum absolute atomic E-state index is 12.1. The lowest BCUT2D eigenvalue weighted by atomic mass is 10.1. The number of carbonyl (C=O) groups excluding carboxylic acids is 1. The van der Waals surface area contributed by atoms with Crippen LogP contribution in [0.2, 0.25) is 0 Å². The zero-order valence-corrected chi connectivity index (χ0v) is 12.5. The van der Waals surface area contributed by atoms with Crippen molar-refractivity contribution in [1.82, 2.24) is 14.7 Å². The summed E-state index contributed by atoms with van der Waals surface area (Å²) >= 11 is 1.52. The number of amides is 1. The predicted molar refractivity (Wildman–Crippen MR) is 82.1 cm³/mol. The first kappa shape index (κ1) is 14.2. The lowest BCUT2D eigenvalue weighted by molar-refractivity contribution is -0.385. The molecule has 3 rings (SSSR count). The molecular formula is C14H12N4O3S. The molecule has 0 aliphatic carbocycles. The Kier molecular flexibility index (Phi) is 3.60. The van der Waals surface area contributed by atoms with Crippen molar-refractivity contribution < 1.29 is 9.72 Å². The molecule has 0 aliphatic rings. The summed E-state index contributed by atoms with van der Waals surface area (Å²) in [4.78, 5) is 27.6. The van der Waals surface area contributed by atoms with E-state index in [2.05, 4.69) is 10.3 Å². The van der Waals surface area contributed by atoms with Crippen molar-refractivity contribution in [2.75, 3.05) is 0 Å². The van der Waals surface area contributed by atoms with Crippen molar-refractivity contribution in [1.29, 1.82) is 0 Å². The van der Waals surface area contributed by atoms with Crippen molar-refractivity contribution in [3.8, 4) is 0 Å². The molecule has 0 bridgehead atoms. The van der Waals surface area contributed by atoms with Crippen LogP contribution in [0.1, 0.15) is 21.6 Å². The van der Waals surface area contributed by atoms with Gasteiger partial charge < -0.3 is 5.32 Å². The zero-order chi connectivity index (χ0) is 15.7. The van der Waals surface area contributed by atoms with Crippen LogP contribution in [-0.4, -0.2) is 20.2 Å². The van der Waals surface area contributed by atoms with Gasteiger partial charge in [-0.05, 0) is 19.1 Å². The molecule has 1 amide bonds. The van der Waals surface area contributed by atoms with E-state index < -0.39 is 4.92 Å². The second kappa shape index (κ2) is 5.57. The molecule has 0 atom stereocenters. The van der Waals surface area contributed by atoms with Crippen LogP contribution in [0.25, 0.3) is 4.96 Å². The van der Waals surface area contributed by atoms with E-state index in [4.69, 9.17) is 0 Å². The average molecular weight is 316 g/mol. The number of hydrogen-bond acceptors (Lipinski definition) is 5. The number of nitrogens with zero attached hydrogens (tertiary/aromatic N) is 3. The molecule has 0 aliphatic heterocycles. The molecule has 2 aromatic heterocycles. The molecule has 0 unspecified atom stereocenters. The molecule has 7 nitrogen and oxygen atoms in total. The number of nitro benzene ring substituents is 1. The molecule has 3 aromatic rings. The van der Waals surface area contributed by atoms with Gasteiger partial charge in [0.05, 0.1) is 17.2 Å². The zero-order valence-electron chi connectivity index (χ0n) is 11.6. The predicted octanol–water partition coefficient (Wildman–Crippen LogP) is 2.54. The normalized spacial score (nSPS) is 10.8. The SMILES string of the molecule is Cc1cc(C(=O)NCc2cn3ccsc3n2)ccc1[N+](=O)[O-]. The molecule has 0 fully saturated rings. The van der Waals surface area contributed by atoms with Crippen LogP contribution in [0.4, 0.5) is 5.69 Å². The fourth-order valence-corrected chi connectivity index (χ4v) is 2.85. The molecule has 8 heteroatoms. The smallest absolute Gasteiger partial charge is 0.272 e. The summed E-state index contributed by atoms with van der Waals surface area (Å²) in [6.07, 6.45) is 3.76. The Morgan fingerprint density at radius 3 is 3.00 bits per heavy atom. The third kappa shape index (κ3) is 2.68. The third-order valence-corrected chi connectivity index (χ3v) is 4.00. The minimum atomic E-state index is -0.463. The molecule has 2 heterocycles. The number of rotatable bonds is 4. The van der Waals surface area contributed by atoms with E-state index in [1.807, 2.05) is 22.2 Å². The van der Waals surface area contributed by atoms with Crippen molar-refractivity contribution in [2.24, 2.45) is 0 Å². The van der Waals surface area contributed by atoms with E-state index in [9.17, 15) is 14.9 Å². The van der Waals surface area contributed by atoms with Crippen LogP contribution in [0.15, 0.2) is 36.0 Å². The van der Waals surface area contributed by atoms with Gasteiger partial charge in [0.15, 0.2) is 4.96 Å². The van der Waals surface area contributed by atoms with Crippen molar-refractivity contribution in [3.63, 3.8) is 0 Å². The van der Waals surface area contributed by atoms with Crippen LogP contribution >= 0.6 is 11.3 Å². The maximum atomic E-state index is 12.1. The van der Waals surface area contributed by atoms with E-state index >= 15 is 0 Å². The van der Waals surface area contributed by atoms with Gasteiger partial charge in [-0.3, -0.25) is 19.3 Å². The third-order valence-electron chi connectivity index (χ3n) is 3.23. The molecule has 0 spiro atoms. The van der Waals surface area contributed by atoms with Crippen molar-refractivity contribution in [2.45, 2.75) is 13.5 Å². The number of aryl methyl sites for hydroxylation is 1. The number of carbonyl (C=O) groups is 1. The van der Waals surface area contributed by atoms with Gasteiger partial charge in [0, 0.05) is 35.0 Å². The number of nitrogens with one attached hydrogen (secondary N) is 1. The fraction of sp³-hybridized carbons (Fsp3) is 0.143. The Labute approximate surface area is 129 Å². The number of fused-ring (bicyclic) bond motifs is 1. The highest BCUT2D eigenvalue weighted by Crippen LogP contribution is 2.18. The monoisotopic (exact) mass is 316 g/mol. The first-order chi connectivity index (χ1) is 10.5. The van der Waals surface area contributed by atoms with Gasteiger partial charge in [-0.1, -0.05) is 0 Å². The molecule has 0 saturated carbocycles. The Morgan fingerprint density at radius 1 is 1.50 bits per heavy atom. The van der Waals surface area contributed by atoms with E-state index in [0.717, 1.165) is 10.7 Å². The molecular weight excluding hydrogens is 304 g/mol. The number of thiazole rings is 1. The first-order valence-corrected chi connectivity index (χ1v) is 7.37. The molecule has 1 N–H and O–H groups in total. The lowest BCUT2D eigenvalue weighted by Gasteiger charge is -2.04. The van der Waals surface area contributed by atoms with Gasteiger partial charge in [-0.2, -0.15) is 0 Å².